The van der Waals surface area contributed by atoms with Gasteiger partial charge in [-0.1, -0.05) is 23.7 Å². The molecule has 0 spiro atoms. The van der Waals surface area contributed by atoms with Crippen LogP contribution >= 0.6 is 11.6 Å². The number of aryl methyl sites for hydroxylation is 1. The normalized spacial score (nSPS) is 13.1. The number of nitrogens with zero attached hydrogens (tertiary/aromatic N) is 1. The molecule has 0 saturated heterocycles. The maximum Gasteiger partial charge on any atom is 0.271 e. The Morgan fingerprint density at radius 3 is 2.67 bits per heavy atom. The molecule has 1 aliphatic carbocycles. The van der Waals surface area contributed by atoms with Crippen molar-refractivity contribution in [3.05, 3.63) is 62.7 Å². The molecule has 2 aromatic rings. The zero-order valence-electron chi connectivity index (χ0n) is 10.8. The Labute approximate surface area is 125 Å². The third-order valence-corrected chi connectivity index (χ3v) is 3.65. The van der Waals surface area contributed by atoms with Gasteiger partial charge in [0.15, 0.2) is 5.78 Å². The Balaban J connectivity index is 1.97. The molecule has 0 aliphatic heterocycles. The van der Waals surface area contributed by atoms with Gasteiger partial charge in [0.1, 0.15) is 11.5 Å². The maximum atomic E-state index is 11.9. The number of rotatable bonds is 3. The molecule has 106 valence electrons. The van der Waals surface area contributed by atoms with Crippen LogP contribution in [0.15, 0.2) is 36.4 Å². The largest absolute Gasteiger partial charge is 0.455 e. The molecule has 3 rings (SSSR count). The first-order valence-corrected chi connectivity index (χ1v) is 6.71. The molecule has 21 heavy (non-hydrogen) atoms. The van der Waals surface area contributed by atoms with E-state index < -0.39 is 4.92 Å². The minimum absolute atomic E-state index is 0.0404. The van der Waals surface area contributed by atoms with Gasteiger partial charge in [-0.3, -0.25) is 14.9 Å². The summed E-state index contributed by atoms with van der Waals surface area (Å²) < 4.78 is 5.68. The maximum absolute atomic E-state index is 11.9. The molecule has 2 aromatic carbocycles. The van der Waals surface area contributed by atoms with Crippen molar-refractivity contribution in [1.82, 2.24) is 0 Å². The lowest BCUT2D eigenvalue weighted by Gasteiger charge is -2.10. The highest BCUT2D eigenvalue weighted by Crippen LogP contribution is 2.37. The van der Waals surface area contributed by atoms with E-state index in [1.165, 1.54) is 18.2 Å². The van der Waals surface area contributed by atoms with Crippen molar-refractivity contribution in [3.8, 4) is 11.5 Å². The van der Waals surface area contributed by atoms with Crippen molar-refractivity contribution in [1.29, 1.82) is 0 Å². The van der Waals surface area contributed by atoms with Gasteiger partial charge in [-0.25, -0.2) is 0 Å². The fourth-order valence-electron chi connectivity index (χ4n) is 2.36. The van der Waals surface area contributed by atoms with E-state index in [9.17, 15) is 14.9 Å². The summed E-state index contributed by atoms with van der Waals surface area (Å²) in [5.41, 5.74) is 1.42. The molecule has 0 bridgehead atoms. The first-order chi connectivity index (χ1) is 10.1. The Hall–Kier alpha value is -2.40. The number of ketones is 1. The van der Waals surface area contributed by atoms with Crippen LogP contribution in [0.3, 0.4) is 0 Å². The lowest BCUT2D eigenvalue weighted by molar-refractivity contribution is -0.384. The van der Waals surface area contributed by atoms with Crippen LogP contribution in [-0.4, -0.2) is 10.7 Å². The second-order valence-corrected chi connectivity index (χ2v) is 5.09. The Kier molecular flexibility index (Phi) is 3.35. The Bertz CT molecular complexity index is 757. The summed E-state index contributed by atoms with van der Waals surface area (Å²) in [6.45, 7) is 0. The molecule has 0 atom stereocenters. The SMILES string of the molecule is O=C1CCc2cccc(Oc3ccc([N+](=O)[O-])cc3Cl)c21. The molecule has 5 nitrogen and oxygen atoms in total. The highest BCUT2D eigenvalue weighted by atomic mass is 35.5. The van der Waals surface area contributed by atoms with Gasteiger partial charge in [-0.15, -0.1) is 0 Å². The second-order valence-electron chi connectivity index (χ2n) is 4.69. The number of non-ortho nitro benzene ring substituents is 1. The standard InChI is InChI=1S/C15H10ClNO4/c16-11-8-10(17(19)20)5-7-13(11)21-14-3-1-2-9-4-6-12(18)15(9)14/h1-3,5,7-8H,4,6H2. The van der Waals surface area contributed by atoms with E-state index in [4.69, 9.17) is 16.3 Å². The number of carbonyl (C=O) groups excluding carboxylic acids is 1. The smallest absolute Gasteiger partial charge is 0.271 e. The summed E-state index contributed by atoms with van der Waals surface area (Å²) >= 11 is 6.00. The van der Waals surface area contributed by atoms with Crippen LogP contribution in [0.5, 0.6) is 11.5 Å². The number of ether oxygens (including phenoxy) is 1. The Morgan fingerprint density at radius 2 is 1.95 bits per heavy atom. The quantitative estimate of drug-likeness (QED) is 0.630. The molecule has 6 heteroatoms. The van der Waals surface area contributed by atoms with E-state index in [1.807, 2.05) is 12.1 Å². The number of hydrogen-bond donors (Lipinski definition) is 0. The van der Waals surface area contributed by atoms with Crippen molar-refractivity contribution < 1.29 is 14.5 Å². The summed E-state index contributed by atoms with van der Waals surface area (Å²) in [4.78, 5) is 22.1. The number of carbonyl (C=O) groups is 1. The molecule has 0 heterocycles. The van der Waals surface area contributed by atoms with Crippen molar-refractivity contribution in [2.75, 3.05) is 0 Å². The third kappa shape index (κ3) is 2.48. The topological polar surface area (TPSA) is 69.4 Å². The third-order valence-electron chi connectivity index (χ3n) is 3.36. The molecule has 0 aromatic heterocycles. The van der Waals surface area contributed by atoms with Crippen LogP contribution < -0.4 is 4.74 Å². The van der Waals surface area contributed by atoms with Crippen molar-refractivity contribution in [2.24, 2.45) is 0 Å². The molecule has 0 radical (unpaired) electrons. The lowest BCUT2D eigenvalue weighted by atomic mass is 10.1. The highest BCUT2D eigenvalue weighted by Gasteiger charge is 2.24. The molecule has 0 saturated carbocycles. The summed E-state index contributed by atoms with van der Waals surface area (Å²) in [5.74, 6) is 0.764. The molecular weight excluding hydrogens is 294 g/mol. The number of hydrogen-bond acceptors (Lipinski definition) is 4. The monoisotopic (exact) mass is 303 g/mol. The van der Waals surface area contributed by atoms with Gasteiger partial charge in [0.2, 0.25) is 0 Å². The van der Waals surface area contributed by atoms with Gasteiger partial charge >= 0.3 is 0 Å². The van der Waals surface area contributed by atoms with Gasteiger partial charge in [-0.2, -0.15) is 0 Å². The fraction of sp³-hybridized carbons (Fsp3) is 0.133. The number of fused-ring (bicyclic) bond motifs is 1. The van der Waals surface area contributed by atoms with Crippen LogP contribution in [0.25, 0.3) is 0 Å². The summed E-state index contributed by atoms with van der Waals surface area (Å²) in [7, 11) is 0. The lowest BCUT2D eigenvalue weighted by Crippen LogP contribution is -1.97. The Morgan fingerprint density at radius 1 is 1.14 bits per heavy atom. The molecule has 0 unspecified atom stereocenters. The predicted molar refractivity (Wildman–Crippen MR) is 77.3 cm³/mol. The van der Waals surface area contributed by atoms with Gasteiger partial charge in [0, 0.05) is 18.6 Å². The predicted octanol–water partition coefficient (Wildman–Crippen LogP) is 4.17. The van der Waals surface area contributed by atoms with E-state index in [1.54, 1.807) is 6.07 Å². The number of halogens is 1. The highest BCUT2D eigenvalue weighted by molar-refractivity contribution is 6.32. The van der Waals surface area contributed by atoms with Crippen molar-refractivity contribution in [2.45, 2.75) is 12.8 Å². The molecular formula is C15H10ClNO4. The van der Waals surface area contributed by atoms with E-state index in [0.29, 0.717) is 24.2 Å². The van der Waals surface area contributed by atoms with Crippen molar-refractivity contribution in [3.63, 3.8) is 0 Å². The van der Waals surface area contributed by atoms with Crippen LogP contribution in [0.4, 0.5) is 5.69 Å². The minimum atomic E-state index is -0.528. The number of Topliss-reactive ketones (excluding diaryl/α,β-unsaturated/α-hetero) is 1. The van der Waals surface area contributed by atoms with Crippen LogP contribution in [-0.2, 0) is 6.42 Å². The molecule has 1 aliphatic rings. The minimum Gasteiger partial charge on any atom is -0.455 e. The van der Waals surface area contributed by atoms with Crippen LogP contribution in [0.1, 0.15) is 22.3 Å². The molecule has 0 amide bonds. The van der Waals surface area contributed by atoms with E-state index in [0.717, 1.165) is 5.56 Å². The number of nitro groups is 1. The molecule has 0 fully saturated rings. The van der Waals surface area contributed by atoms with E-state index >= 15 is 0 Å². The first-order valence-electron chi connectivity index (χ1n) is 6.33. The second kappa shape index (κ2) is 5.18. The first kappa shape index (κ1) is 13.6. The number of nitro benzene ring substituents is 1. The summed E-state index contributed by atoms with van der Waals surface area (Å²) in [6, 6.07) is 9.36. The summed E-state index contributed by atoms with van der Waals surface area (Å²) in [6.07, 6.45) is 1.18. The zero-order chi connectivity index (χ0) is 15.0. The van der Waals surface area contributed by atoms with Crippen LogP contribution in [0.2, 0.25) is 5.02 Å². The average Bonchev–Trinajstić information content (AvgIpc) is 2.83. The average molecular weight is 304 g/mol. The summed E-state index contributed by atoms with van der Waals surface area (Å²) in [5, 5.41) is 10.8. The van der Waals surface area contributed by atoms with E-state index in [2.05, 4.69) is 0 Å². The number of benzene rings is 2. The van der Waals surface area contributed by atoms with Gasteiger partial charge in [-0.05, 0) is 24.1 Å². The van der Waals surface area contributed by atoms with Crippen molar-refractivity contribution >= 4 is 23.1 Å². The fourth-order valence-corrected chi connectivity index (χ4v) is 2.58. The van der Waals surface area contributed by atoms with Gasteiger partial charge in [0.25, 0.3) is 5.69 Å². The molecule has 0 N–H and O–H groups in total. The van der Waals surface area contributed by atoms with Gasteiger partial charge in [0.05, 0.1) is 15.5 Å². The van der Waals surface area contributed by atoms with Crippen LogP contribution in [0, 0.1) is 10.1 Å². The van der Waals surface area contributed by atoms with E-state index in [-0.39, 0.29) is 22.2 Å². The zero-order valence-corrected chi connectivity index (χ0v) is 11.6. The van der Waals surface area contributed by atoms with Gasteiger partial charge < -0.3 is 4.74 Å².